The third kappa shape index (κ3) is 5.83. The third-order valence-corrected chi connectivity index (χ3v) is 5.29. The van der Waals surface area contributed by atoms with Gasteiger partial charge in [-0.1, -0.05) is 57.9 Å². The van der Waals surface area contributed by atoms with E-state index >= 15 is 0 Å². The number of rotatable bonds is 7. The summed E-state index contributed by atoms with van der Waals surface area (Å²) in [7, 11) is 0. The number of hydrogen-bond donors (Lipinski definition) is 1. The maximum atomic E-state index is 12.7. The van der Waals surface area contributed by atoms with E-state index in [-0.39, 0.29) is 5.91 Å². The van der Waals surface area contributed by atoms with E-state index in [9.17, 15) is 4.79 Å². The number of halogens is 1. The third-order valence-electron chi connectivity index (χ3n) is 4.76. The second-order valence-corrected chi connectivity index (χ2v) is 8.22. The fourth-order valence-electron chi connectivity index (χ4n) is 3.10. The number of aryl methyl sites for hydroxylation is 1. The highest BCUT2D eigenvalue weighted by Gasteiger charge is 2.09. The number of benzene rings is 3. The molecule has 0 bridgehead atoms. The molecule has 3 aromatic carbocycles. The summed E-state index contributed by atoms with van der Waals surface area (Å²) in [6.45, 7) is 3.10. The van der Waals surface area contributed by atoms with Crippen LogP contribution in [0, 0.1) is 6.92 Å². The molecule has 0 fully saturated rings. The number of nitrogens with one attached hydrogen (secondary N) is 1. The van der Waals surface area contributed by atoms with Gasteiger partial charge in [-0.2, -0.15) is 5.10 Å². The van der Waals surface area contributed by atoms with Crippen LogP contribution >= 0.6 is 15.9 Å². The Hall–Kier alpha value is -3.38. The van der Waals surface area contributed by atoms with Crippen LogP contribution in [0.15, 0.2) is 89.7 Å². The SMILES string of the molecule is Cc1ccc(Cn2cc(NC(=O)c3cccc(COc4ccc(Br)cc4)c3)cn2)cc1. The molecular formula is C25H22BrN3O2. The zero-order valence-corrected chi connectivity index (χ0v) is 18.7. The van der Waals surface area contributed by atoms with Gasteiger partial charge >= 0.3 is 0 Å². The van der Waals surface area contributed by atoms with Crippen molar-refractivity contribution in [2.75, 3.05) is 5.32 Å². The van der Waals surface area contributed by atoms with Gasteiger partial charge in [-0.15, -0.1) is 0 Å². The minimum atomic E-state index is -0.180. The first kappa shape index (κ1) is 20.9. The number of nitrogens with zero attached hydrogens (tertiary/aromatic N) is 2. The summed E-state index contributed by atoms with van der Waals surface area (Å²) in [5.41, 5.74) is 4.54. The van der Waals surface area contributed by atoms with Crippen molar-refractivity contribution in [2.24, 2.45) is 0 Å². The predicted octanol–water partition coefficient (Wildman–Crippen LogP) is 5.83. The molecule has 1 heterocycles. The van der Waals surface area contributed by atoms with E-state index in [4.69, 9.17) is 4.74 Å². The van der Waals surface area contributed by atoms with Crippen LogP contribution in [-0.2, 0) is 13.2 Å². The van der Waals surface area contributed by atoms with Gasteiger partial charge in [-0.05, 0) is 54.4 Å². The van der Waals surface area contributed by atoms with E-state index < -0.39 is 0 Å². The van der Waals surface area contributed by atoms with Crippen molar-refractivity contribution in [1.29, 1.82) is 0 Å². The van der Waals surface area contributed by atoms with Gasteiger partial charge < -0.3 is 10.1 Å². The quantitative estimate of drug-likeness (QED) is 0.365. The molecule has 0 aliphatic rings. The maximum absolute atomic E-state index is 12.7. The van der Waals surface area contributed by atoms with E-state index in [1.807, 2.05) is 53.3 Å². The lowest BCUT2D eigenvalue weighted by Gasteiger charge is -2.08. The van der Waals surface area contributed by atoms with E-state index in [2.05, 4.69) is 57.5 Å². The molecule has 0 saturated heterocycles. The van der Waals surface area contributed by atoms with Gasteiger partial charge in [0.1, 0.15) is 12.4 Å². The molecule has 1 amide bonds. The molecule has 0 spiro atoms. The Labute approximate surface area is 189 Å². The molecule has 31 heavy (non-hydrogen) atoms. The lowest BCUT2D eigenvalue weighted by molar-refractivity contribution is 0.102. The summed E-state index contributed by atoms with van der Waals surface area (Å²) in [5, 5.41) is 7.26. The van der Waals surface area contributed by atoms with Crippen LogP contribution in [0.1, 0.15) is 27.0 Å². The Morgan fingerprint density at radius 3 is 2.58 bits per heavy atom. The number of amides is 1. The minimum absolute atomic E-state index is 0.180. The van der Waals surface area contributed by atoms with Crippen LogP contribution in [0.3, 0.4) is 0 Å². The van der Waals surface area contributed by atoms with E-state index in [0.717, 1.165) is 21.3 Å². The standard InChI is InChI=1S/C25H22BrN3O2/c1-18-5-7-19(8-6-18)15-29-16-23(14-27-29)28-25(30)21-4-2-3-20(13-21)17-31-24-11-9-22(26)10-12-24/h2-14,16H,15,17H2,1H3,(H,28,30). The van der Waals surface area contributed by atoms with Crippen molar-refractivity contribution in [3.63, 3.8) is 0 Å². The molecule has 4 rings (SSSR count). The van der Waals surface area contributed by atoms with E-state index in [1.165, 1.54) is 5.56 Å². The number of aromatic nitrogens is 2. The van der Waals surface area contributed by atoms with Crippen LogP contribution in [0.2, 0.25) is 0 Å². The molecule has 0 aliphatic carbocycles. The Balaban J connectivity index is 1.36. The Bertz CT molecular complexity index is 1170. The molecule has 0 unspecified atom stereocenters. The summed E-state index contributed by atoms with van der Waals surface area (Å²) in [4.78, 5) is 12.7. The van der Waals surface area contributed by atoms with Gasteiger partial charge in [0.25, 0.3) is 5.91 Å². The second kappa shape index (κ2) is 9.62. The highest BCUT2D eigenvalue weighted by atomic mass is 79.9. The van der Waals surface area contributed by atoms with Crippen LogP contribution in [0.25, 0.3) is 0 Å². The van der Waals surface area contributed by atoms with Crippen molar-refractivity contribution in [2.45, 2.75) is 20.1 Å². The first-order valence-electron chi connectivity index (χ1n) is 9.92. The number of hydrogen-bond acceptors (Lipinski definition) is 3. The van der Waals surface area contributed by atoms with E-state index in [0.29, 0.717) is 24.4 Å². The Morgan fingerprint density at radius 2 is 1.81 bits per heavy atom. The number of ether oxygens (including phenoxy) is 1. The lowest BCUT2D eigenvalue weighted by atomic mass is 10.1. The number of carbonyl (C=O) groups is 1. The van der Waals surface area contributed by atoms with Crippen molar-refractivity contribution >= 4 is 27.5 Å². The smallest absolute Gasteiger partial charge is 0.255 e. The molecule has 1 aromatic heterocycles. The summed E-state index contributed by atoms with van der Waals surface area (Å²) >= 11 is 3.41. The summed E-state index contributed by atoms with van der Waals surface area (Å²) < 4.78 is 8.61. The van der Waals surface area contributed by atoms with Crippen molar-refractivity contribution in [3.05, 3.63) is 112 Å². The van der Waals surface area contributed by atoms with Gasteiger partial charge in [-0.3, -0.25) is 9.48 Å². The molecule has 0 aliphatic heterocycles. The fraction of sp³-hybridized carbons (Fsp3) is 0.120. The summed E-state index contributed by atoms with van der Waals surface area (Å²) in [6, 6.07) is 23.4. The van der Waals surface area contributed by atoms with Crippen molar-refractivity contribution in [1.82, 2.24) is 9.78 Å². The lowest BCUT2D eigenvalue weighted by Crippen LogP contribution is -2.12. The Morgan fingerprint density at radius 1 is 1.03 bits per heavy atom. The molecule has 6 heteroatoms. The van der Waals surface area contributed by atoms with Gasteiger partial charge in [0, 0.05) is 16.2 Å². The maximum Gasteiger partial charge on any atom is 0.255 e. The van der Waals surface area contributed by atoms with Gasteiger partial charge in [0.2, 0.25) is 0 Å². The molecule has 0 saturated carbocycles. The van der Waals surface area contributed by atoms with Crippen LogP contribution in [-0.4, -0.2) is 15.7 Å². The van der Waals surface area contributed by atoms with Gasteiger partial charge in [-0.25, -0.2) is 0 Å². The summed E-state index contributed by atoms with van der Waals surface area (Å²) in [6.07, 6.45) is 3.49. The average Bonchev–Trinajstić information content (AvgIpc) is 3.22. The molecule has 4 aromatic rings. The largest absolute Gasteiger partial charge is 0.489 e. The monoisotopic (exact) mass is 475 g/mol. The van der Waals surface area contributed by atoms with Crippen LogP contribution in [0.5, 0.6) is 5.75 Å². The highest BCUT2D eigenvalue weighted by Crippen LogP contribution is 2.18. The zero-order valence-electron chi connectivity index (χ0n) is 17.1. The molecule has 1 N–H and O–H groups in total. The minimum Gasteiger partial charge on any atom is -0.489 e. The number of anilines is 1. The first-order valence-corrected chi connectivity index (χ1v) is 10.7. The van der Waals surface area contributed by atoms with Gasteiger partial charge in [0.05, 0.1) is 18.4 Å². The molecule has 156 valence electrons. The van der Waals surface area contributed by atoms with Crippen molar-refractivity contribution in [3.8, 4) is 5.75 Å². The van der Waals surface area contributed by atoms with Gasteiger partial charge in [0.15, 0.2) is 0 Å². The molecule has 5 nitrogen and oxygen atoms in total. The fourth-order valence-corrected chi connectivity index (χ4v) is 3.36. The second-order valence-electron chi connectivity index (χ2n) is 7.31. The van der Waals surface area contributed by atoms with Crippen LogP contribution < -0.4 is 10.1 Å². The van der Waals surface area contributed by atoms with Crippen molar-refractivity contribution < 1.29 is 9.53 Å². The Kier molecular flexibility index (Phi) is 6.48. The van der Waals surface area contributed by atoms with E-state index in [1.54, 1.807) is 12.3 Å². The zero-order chi connectivity index (χ0) is 21.6. The molecule has 0 radical (unpaired) electrons. The molecular weight excluding hydrogens is 454 g/mol. The van der Waals surface area contributed by atoms with Crippen LogP contribution in [0.4, 0.5) is 5.69 Å². The topological polar surface area (TPSA) is 56.2 Å². The normalized spacial score (nSPS) is 10.6. The predicted molar refractivity (Wildman–Crippen MR) is 125 cm³/mol. The summed E-state index contributed by atoms with van der Waals surface area (Å²) in [5.74, 6) is 0.597. The number of carbonyl (C=O) groups excluding carboxylic acids is 1. The first-order chi connectivity index (χ1) is 15.0. The highest BCUT2D eigenvalue weighted by molar-refractivity contribution is 9.10. The average molecular weight is 476 g/mol. The molecule has 0 atom stereocenters.